The maximum Gasteiger partial charge on any atom is 0.163 e. The molecule has 1 atom stereocenters. The van der Waals surface area contributed by atoms with Gasteiger partial charge in [0.15, 0.2) is 11.8 Å². The van der Waals surface area contributed by atoms with E-state index in [1.165, 1.54) is 13.0 Å². The summed E-state index contributed by atoms with van der Waals surface area (Å²) in [5.74, 6) is 0.752. The molecular formula is C18H37N2+. The monoisotopic (exact) mass is 281 g/mol. The zero-order valence-corrected chi connectivity index (χ0v) is 15.3. The average Bonchev–Trinajstić information content (AvgIpc) is 2.28. The summed E-state index contributed by atoms with van der Waals surface area (Å²) in [6.07, 6.45) is 7.82. The summed E-state index contributed by atoms with van der Waals surface area (Å²) in [7, 11) is 4.34. The largest absolute Gasteiger partial charge is 0.302 e. The summed E-state index contributed by atoms with van der Waals surface area (Å²) in [4.78, 5) is 2.42. The number of rotatable bonds is 6. The van der Waals surface area contributed by atoms with Crippen LogP contribution in [0.15, 0.2) is 12.2 Å². The Bertz CT molecular complexity index is 326. The minimum atomic E-state index is 0.190. The van der Waals surface area contributed by atoms with Gasteiger partial charge in [-0.1, -0.05) is 40.2 Å². The first-order valence-corrected chi connectivity index (χ1v) is 7.90. The first kappa shape index (κ1) is 19.4. The molecule has 0 aromatic rings. The fourth-order valence-corrected chi connectivity index (χ4v) is 2.12. The fourth-order valence-electron chi connectivity index (χ4n) is 2.12. The minimum Gasteiger partial charge on any atom is -0.302 e. The van der Waals surface area contributed by atoms with Crippen LogP contribution in [-0.4, -0.2) is 48.4 Å². The van der Waals surface area contributed by atoms with Crippen molar-refractivity contribution < 1.29 is 4.58 Å². The van der Waals surface area contributed by atoms with Crippen molar-refractivity contribution in [3.63, 3.8) is 0 Å². The van der Waals surface area contributed by atoms with E-state index in [-0.39, 0.29) is 5.54 Å². The lowest BCUT2D eigenvalue weighted by Crippen LogP contribution is -2.33. The van der Waals surface area contributed by atoms with Gasteiger partial charge in [-0.2, -0.15) is 0 Å². The van der Waals surface area contributed by atoms with Crippen LogP contribution in [0.3, 0.4) is 0 Å². The van der Waals surface area contributed by atoms with Crippen LogP contribution in [0.5, 0.6) is 0 Å². The van der Waals surface area contributed by atoms with Gasteiger partial charge >= 0.3 is 0 Å². The van der Waals surface area contributed by atoms with E-state index in [1.54, 1.807) is 0 Å². The highest BCUT2D eigenvalue weighted by Gasteiger charge is 2.23. The molecule has 0 fully saturated rings. The highest BCUT2D eigenvalue weighted by atomic mass is 15.1. The topological polar surface area (TPSA) is 6.25 Å². The van der Waals surface area contributed by atoms with Crippen LogP contribution in [-0.2, 0) is 0 Å². The van der Waals surface area contributed by atoms with Gasteiger partial charge in [0.05, 0.1) is 0 Å². The SMILES string of the molecule is CCC(CN(C)CC=C/C=[N+](/C)C(C)(C)C)C(C)(C)C. The molecule has 1 unspecified atom stereocenters. The van der Waals surface area contributed by atoms with E-state index in [2.05, 4.69) is 90.4 Å². The summed E-state index contributed by atoms with van der Waals surface area (Å²) >= 11 is 0. The average molecular weight is 282 g/mol. The standard InChI is InChI=1S/C18H37N2/c1-10-16(17(2,3)4)15-19(8)13-11-12-14-20(9)18(5,6)7/h11-12,14,16H,10,13,15H2,1-9H3/q+1/b12-11?,20-14-. The molecule has 0 aromatic carbocycles. The molecule has 0 heterocycles. The van der Waals surface area contributed by atoms with Crippen LogP contribution < -0.4 is 0 Å². The van der Waals surface area contributed by atoms with Crippen LogP contribution in [0.2, 0.25) is 0 Å². The van der Waals surface area contributed by atoms with E-state index in [4.69, 9.17) is 0 Å². The van der Waals surface area contributed by atoms with Crippen LogP contribution in [0.4, 0.5) is 0 Å². The van der Waals surface area contributed by atoms with Crippen molar-refractivity contribution in [2.24, 2.45) is 11.3 Å². The van der Waals surface area contributed by atoms with E-state index in [0.29, 0.717) is 5.41 Å². The Kier molecular flexibility index (Phi) is 7.72. The van der Waals surface area contributed by atoms with Gasteiger partial charge in [-0.05, 0) is 45.2 Å². The summed E-state index contributed by atoms with van der Waals surface area (Å²) < 4.78 is 2.24. The van der Waals surface area contributed by atoms with Gasteiger partial charge in [0.2, 0.25) is 0 Å². The Morgan fingerprint density at radius 1 is 1.10 bits per heavy atom. The van der Waals surface area contributed by atoms with Crippen LogP contribution in [0.1, 0.15) is 54.9 Å². The molecule has 0 aromatic heterocycles. The van der Waals surface area contributed by atoms with Crippen molar-refractivity contribution >= 4 is 6.21 Å². The number of likely N-dealkylation sites (N-methyl/N-ethyl adjacent to an activating group) is 1. The third-order valence-corrected chi connectivity index (χ3v) is 4.17. The molecule has 0 aliphatic heterocycles. The third-order valence-electron chi connectivity index (χ3n) is 4.17. The third kappa shape index (κ3) is 7.84. The molecule has 2 nitrogen and oxygen atoms in total. The van der Waals surface area contributed by atoms with Gasteiger partial charge in [-0.25, -0.2) is 4.58 Å². The van der Waals surface area contributed by atoms with Crippen molar-refractivity contribution in [2.75, 3.05) is 27.2 Å². The molecule has 0 N–H and O–H groups in total. The molecule has 0 amide bonds. The van der Waals surface area contributed by atoms with Gasteiger partial charge in [0, 0.05) is 13.1 Å². The Labute approximate surface area is 127 Å². The second-order valence-electron chi connectivity index (χ2n) is 8.05. The number of hydrogen-bond acceptors (Lipinski definition) is 1. The second kappa shape index (κ2) is 7.97. The molecule has 20 heavy (non-hydrogen) atoms. The van der Waals surface area contributed by atoms with Crippen molar-refractivity contribution in [2.45, 2.75) is 60.4 Å². The molecule has 0 saturated heterocycles. The van der Waals surface area contributed by atoms with Crippen molar-refractivity contribution in [1.82, 2.24) is 4.90 Å². The van der Waals surface area contributed by atoms with Crippen LogP contribution >= 0.6 is 0 Å². The number of nitrogens with zero attached hydrogens (tertiary/aromatic N) is 2. The number of allylic oxidation sites excluding steroid dienone is 1. The molecule has 0 aliphatic rings. The molecule has 0 bridgehead atoms. The molecule has 0 rings (SSSR count). The van der Waals surface area contributed by atoms with E-state index in [9.17, 15) is 0 Å². The predicted molar refractivity (Wildman–Crippen MR) is 91.9 cm³/mol. The Morgan fingerprint density at radius 2 is 1.65 bits per heavy atom. The molecule has 0 radical (unpaired) electrons. The Morgan fingerprint density at radius 3 is 2.05 bits per heavy atom. The van der Waals surface area contributed by atoms with Crippen molar-refractivity contribution in [3.05, 3.63) is 12.2 Å². The Hall–Kier alpha value is -0.630. The van der Waals surface area contributed by atoms with E-state index in [0.717, 1.165) is 12.5 Å². The maximum absolute atomic E-state index is 2.42. The van der Waals surface area contributed by atoms with Gasteiger partial charge < -0.3 is 4.90 Å². The quantitative estimate of drug-likeness (QED) is 0.526. The van der Waals surface area contributed by atoms with Gasteiger partial charge in [-0.3, -0.25) is 0 Å². The molecular weight excluding hydrogens is 244 g/mol. The van der Waals surface area contributed by atoms with E-state index < -0.39 is 0 Å². The summed E-state index contributed by atoms with van der Waals surface area (Å²) in [5, 5.41) is 0. The minimum absolute atomic E-state index is 0.190. The fraction of sp³-hybridized carbons (Fsp3) is 0.833. The van der Waals surface area contributed by atoms with Crippen LogP contribution in [0.25, 0.3) is 0 Å². The van der Waals surface area contributed by atoms with E-state index >= 15 is 0 Å². The van der Waals surface area contributed by atoms with E-state index in [1.807, 2.05) is 0 Å². The molecule has 0 spiro atoms. The van der Waals surface area contributed by atoms with Crippen LogP contribution in [0, 0.1) is 11.3 Å². The van der Waals surface area contributed by atoms with Gasteiger partial charge in [0.1, 0.15) is 7.05 Å². The lowest BCUT2D eigenvalue weighted by Gasteiger charge is -2.33. The summed E-state index contributed by atoms with van der Waals surface area (Å²) in [6.45, 7) is 18.2. The normalized spacial score (nSPS) is 16.2. The molecule has 0 saturated carbocycles. The highest BCUT2D eigenvalue weighted by Crippen LogP contribution is 2.28. The number of hydrogen-bond donors (Lipinski definition) is 0. The zero-order chi connectivity index (χ0) is 16.0. The first-order valence-electron chi connectivity index (χ1n) is 7.90. The van der Waals surface area contributed by atoms with Crippen molar-refractivity contribution in [1.29, 1.82) is 0 Å². The summed E-state index contributed by atoms with van der Waals surface area (Å²) in [6, 6.07) is 0. The Balaban J connectivity index is 4.33. The predicted octanol–water partition coefficient (Wildman–Crippen LogP) is 4.06. The molecule has 118 valence electrons. The van der Waals surface area contributed by atoms with Crippen molar-refractivity contribution in [3.8, 4) is 0 Å². The zero-order valence-electron chi connectivity index (χ0n) is 15.3. The first-order chi connectivity index (χ1) is 8.98. The molecule has 2 heteroatoms. The van der Waals surface area contributed by atoms with Gasteiger partial charge in [0.25, 0.3) is 0 Å². The molecule has 0 aliphatic carbocycles. The lowest BCUT2D eigenvalue weighted by molar-refractivity contribution is -0.565. The van der Waals surface area contributed by atoms with Gasteiger partial charge in [-0.15, -0.1) is 0 Å². The second-order valence-corrected chi connectivity index (χ2v) is 8.05. The summed E-state index contributed by atoms with van der Waals surface area (Å²) in [5.41, 5.74) is 0.584. The maximum atomic E-state index is 2.42. The lowest BCUT2D eigenvalue weighted by atomic mass is 9.79. The highest BCUT2D eigenvalue weighted by molar-refractivity contribution is 5.66. The smallest absolute Gasteiger partial charge is 0.163 e.